The number of aromatic nitrogens is 1. The Bertz CT molecular complexity index is 1140. The molecule has 1 aromatic heterocycles. The molecule has 30 heavy (non-hydrogen) atoms. The molecule has 0 radical (unpaired) electrons. The van der Waals surface area contributed by atoms with E-state index in [1.807, 2.05) is 25.1 Å². The molecule has 1 aliphatic heterocycles. The van der Waals surface area contributed by atoms with Crippen LogP contribution in [0.15, 0.2) is 42.5 Å². The number of benzene rings is 2. The van der Waals surface area contributed by atoms with E-state index in [1.165, 1.54) is 0 Å². The van der Waals surface area contributed by atoms with Crippen molar-refractivity contribution in [1.82, 2.24) is 4.98 Å². The van der Waals surface area contributed by atoms with E-state index in [9.17, 15) is 14.4 Å². The van der Waals surface area contributed by atoms with Crippen LogP contribution in [0.3, 0.4) is 0 Å². The molecule has 4 rings (SSSR count). The summed E-state index contributed by atoms with van der Waals surface area (Å²) in [5.74, 6) is -1.42. The smallest absolute Gasteiger partial charge is 0.340 e. The normalized spacial score (nSPS) is 16.1. The number of aryl methyl sites for hydroxylation is 1. The van der Waals surface area contributed by atoms with Crippen LogP contribution in [-0.4, -0.2) is 35.9 Å². The summed E-state index contributed by atoms with van der Waals surface area (Å²) in [7, 11) is 0. The maximum Gasteiger partial charge on any atom is 0.340 e. The van der Waals surface area contributed by atoms with Gasteiger partial charge in [-0.2, -0.15) is 0 Å². The largest absolute Gasteiger partial charge is 0.462 e. The molecule has 2 amide bonds. The highest BCUT2D eigenvalue weighted by atomic mass is 32.1. The minimum Gasteiger partial charge on any atom is -0.462 e. The van der Waals surface area contributed by atoms with Gasteiger partial charge in [0.1, 0.15) is 0 Å². The number of hydrogen-bond donors (Lipinski definition) is 1. The number of hydrogen-bond acceptors (Lipinski definition) is 6. The Morgan fingerprint density at radius 3 is 2.87 bits per heavy atom. The lowest BCUT2D eigenvalue weighted by molar-refractivity contribution is -0.122. The van der Waals surface area contributed by atoms with Crippen LogP contribution < -0.4 is 10.2 Å². The minimum absolute atomic E-state index is 0.111. The first-order valence-corrected chi connectivity index (χ1v) is 10.5. The summed E-state index contributed by atoms with van der Waals surface area (Å²) in [6, 6.07) is 12.4. The highest BCUT2D eigenvalue weighted by Gasteiger charge is 2.35. The number of thiazole rings is 1. The predicted octanol–water partition coefficient (Wildman–Crippen LogP) is 3.77. The fraction of sp³-hybridized carbons (Fsp3) is 0.273. The third-order valence-corrected chi connectivity index (χ3v) is 5.92. The molecule has 1 unspecified atom stereocenters. The maximum atomic E-state index is 12.8. The molecule has 0 saturated carbocycles. The van der Waals surface area contributed by atoms with Gasteiger partial charge in [0.15, 0.2) is 0 Å². The van der Waals surface area contributed by atoms with Gasteiger partial charge in [0.05, 0.1) is 39.0 Å². The molecule has 0 aliphatic carbocycles. The number of carbonyl (C=O) groups is 3. The van der Waals surface area contributed by atoms with Gasteiger partial charge in [0.2, 0.25) is 11.8 Å². The summed E-state index contributed by atoms with van der Waals surface area (Å²) in [5, 5.41) is 3.75. The standard InChI is InChI=1S/C22H21N3O4S/c1-3-29-22(28)16-6-4-5-7-17(16)24-21(27)14-10-20(26)25(12-14)15-8-9-19-18(11-15)23-13(2)30-19/h4-9,11,14H,3,10,12H2,1-2H3,(H,24,27). The zero-order chi connectivity index (χ0) is 21.3. The number of nitrogens with zero attached hydrogens (tertiary/aromatic N) is 2. The van der Waals surface area contributed by atoms with Gasteiger partial charge in [-0.05, 0) is 44.2 Å². The molecule has 1 saturated heterocycles. The fourth-order valence-electron chi connectivity index (χ4n) is 3.55. The van der Waals surface area contributed by atoms with Crippen molar-refractivity contribution in [3.8, 4) is 0 Å². The third-order valence-electron chi connectivity index (χ3n) is 4.97. The van der Waals surface area contributed by atoms with Crippen molar-refractivity contribution < 1.29 is 19.1 Å². The number of carbonyl (C=O) groups excluding carboxylic acids is 3. The van der Waals surface area contributed by atoms with Crippen LogP contribution in [0.25, 0.3) is 10.2 Å². The van der Waals surface area contributed by atoms with Crippen molar-refractivity contribution in [3.05, 3.63) is 53.0 Å². The molecule has 1 aliphatic rings. The third kappa shape index (κ3) is 3.91. The average molecular weight is 423 g/mol. The van der Waals surface area contributed by atoms with Crippen LogP contribution in [-0.2, 0) is 14.3 Å². The molecule has 2 heterocycles. The fourth-order valence-corrected chi connectivity index (χ4v) is 4.35. The number of rotatable bonds is 5. The second-order valence-corrected chi connectivity index (χ2v) is 8.28. The first-order valence-electron chi connectivity index (χ1n) is 9.71. The molecular weight excluding hydrogens is 402 g/mol. The van der Waals surface area contributed by atoms with E-state index < -0.39 is 11.9 Å². The lowest BCUT2D eigenvalue weighted by Gasteiger charge is -2.17. The van der Waals surface area contributed by atoms with Crippen molar-refractivity contribution in [2.75, 3.05) is 23.4 Å². The molecule has 1 fully saturated rings. The molecule has 0 bridgehead atoms. The Hall–Kier alpha value is -3.26. The van der Waals surface area contributed by atoms with E-state index >= 15 is 0 Å². The van der Waals surface area contributed by atoms with Gasteiger partial charge in [-0.3, -0.25) is 9.59 Å². The second-order valence-electron chi connectivity index (χ2n) is 7.05. The number of amides is 2. The molecular formula is C22H21N3O4S. The number of nitrogens with one attached hydrogen (secondary N) is 1. The average Bonchev–Trinajstić information content (AvgIpc) is 3.29. The first kappa shape index (κ1) is 20.0. The van der Waals surface area contributed by atoms with Gasteiger partial charge in [-0.1, -0.05) is 12.1 Å². The van der Waals surface area contributed by atoms with E-state index in [1.54, 1.807) is 47.4 Å². The van der Waals surface area contributed by atoms with Gasteiger partial charge in [-0.15, -0.1) is 11.3 Å². The van der Waals surface area contributed by atoms with Crippen LogP contribution in [0, 0.1) is 12.8 Å². The number of para-hydroxylation sites is 1. The molecule has 3 aromatic rings. The highest BCUT2D eigenvalue weighted by Crippen LogP contribution is 2.31. The topological polar surface area (TPSA) is 88.6 Å². The lowest BCUT2D eigenvalue weighted by atomic mass is 10.1. The molecule has 8 heteroatoms. The summed E-state index contributed by atoms with van der Waals surface area (Å²) >= 11 is 1.60. The zero-order valence-electron chi connectivity index (χ0n) is 16.7. The predicted molar refractivity (Wildman–Crippen MR) is 116 cm³/mol. The van der Waals surface area contributed by atoms with E-state index in [0.717, 1.165) is 20.9 Å². The molecule has 154 valence electrons. The summed E-state index contributed by atoms with van der Waals surface area (Å²) in [5.41, 5.74) is 2.25. The SMILES string of the molecule is CCOC(=O)c1ccccc1NC(=O)C1CC(=O)N(c2ccc3sc(C)nc3c2)C1. The van der Waals surface area contributed by atoms with Crippen molar-refractivity contribution in [3.63, 3.8) is 0 Å². The quantitative estimate of drug-likeness (QED) is 0.631. The first-order chi connectivity index (χ1) is 14.5. The van der Waals surface area contributed by atoms with Gasteiger partial charge < -0.3 is 15.0 Å². The van der Waals surface area contributed by atoms with Crippen LogP contribution in [0.4, 0.5) is 11.4 Å². The van der Waals surface area contributed by atoms with Gasteiger partial charge >= 0.3 is 5.97 Å². The molecule has 1 N–H and O–H groups in total. The van der Waals surface area contributed by atoms with Crippen LogP contribution in [0.1, 0.15) is 28.7 Å². The summed E-state index contributed by atoms with van der Waals surface area (Å²) in [6.07, 6.45) is 0.113. The summed E-state index contributed by atoms with van der Waals surface area (Å²) < 4.78 is 6.11. The zero-order valence-corrected chi connectivity index (χ0v) is 17.5. The Morgan fingerprint density at radius 1 is 1.27 bits per heavy atom. The van der Waals surface area contributed by atoms with Crippen LogP contribution >= 0.6 is 11.3 Å². The van der Waals surface area contributed by atoms with Gasteiger partial charge in [0.25, 0.3) is 0 Å². The maximum absolute atomic E-state index is 12.8. The molecule has 7 nitrogen and oxygen atoms in total. The van der Waals surface area contributed by atoms with Crippen molar-refractivity contribution in [2.45, 2.75) is 20.3 Å². The minimum atomic E-state index is -0.513. The Kier molecular flexibility index (Phi) is 5.50. The lowest BCUT2D eigenvalue weighted by Crippen LogP contribution is -2.28. The number of fused-ring (bicyclic) bond motifs is 1. The van der Waals surface area contributed by atoms with Crippen molar-refractivity contribution >= 4 is 50.7 Å². The van der Waals surface area contributed by atoms with E-state index in [2.05, 4.69) is 10.3 Å². The molecule has 0 spiro atoms. The number of anilines is 2. The molecule has 1 atom stereocenters. The van der Waals surface area contributed by atoms with Crippen LogP contribution in [0.5, 0.6) is 0 Å². The van der Waals surface area contributed by atoms with E-state index in [0.29, 0.717) is 11.3 Å². The summed E-state index contributed by atoms with van der Waals surface area (Å²) in [4.78, 5) is 43.7. The summed E-state index contributed by atoms with van der Waals surface area (Å²) in [6.45, 7) is 4.19. The second kappa shape index (κ2) is 8.23. The van der Waals surface area contributed by atoms with Crippen molar-refractivity contribution in [1.29, 1.82) is 0 Å². The van der Waals surface area contributed by atoms with Crippen molar-refractivity contribution in [2.24, 2.45) is 5.92 Å². The van der Waals surface area contributed by atoms with Gasteiger partial charge in [0, 0.05) is 18.7 Å². The van der Waals surface area contributed by atoms with Crippen LogP contribution in [0.2, 0.25) is 0 Å². The Balaban J connectivity index is 1.50. The van der Waals surface area contributed by atoms with Gasteiger partial charge in [-0.25, -0.2) is 9.78 Å². The van der Waals surface area contributed by atoms with E-state index in [4.69, 9.17) is 4.74 Å². The Labute approximate surface area is 177 Å². The number of esters is 1. The molecule has 2 aromatic carbocycles. The highest BCUT2D eigenvalue weighted by molar-refractivity contribution is 7.18. The number of ether oxygens (including phenoxy) is 1. The Morgan fingerprint density at radius 2 is 2.07 bits per heavy atom. The monoisotopic (exact) mass is 423 g/mol. The van der Waals surface area contributed by atoms with E-state index in [-0.39, 0.29) is 31.4 Å².